The number of benzene rings is 2. The lowest BCUT2D eigenvalue weighted by Crippen LogP contribution is -2.48. The molecule has 2 atom stereocenters. The van der Waals surface area contributed by atoms with Gasteiger partial charge in [-0.15, -0.1) is 0 Å². The maximum absolute atomic E-state index is 13.9. The van der Waals surface area contributed by atoms with Gasteiger partial charge in [-0.1, -0.05) is 32.9 Å². The molecule has 0 unspecified atom stereocenters. The van der Waals surface area contributed by atoms with Crippen LogP contribution in [0.4, 0.5) is 4.39 Å². The van der Waals surface area contributed by atoms with E-state index in [1.807, 2.05) is 19.1 Å². The molecule has 0 amide bonds. The summed E-state index contributed by atoms with van der Waals surface area (Å²) in [5.41, 5.74) is 2.82. The van der Waals surface area contributed by atoms with Crippen LogP contribution in [0, 0.1) is 11.7 Å². The Hall–Kier alpha value is -2.60. The number of rotatable bonds is 10. The topological polar surface area (TPSA) is 56.8 Å². The van der Waals surface area contributed by atoms with Gasteiger partial charge in [-0.05, 0) is 85.6 Å². The lowest BCUT2D eigenvalue weighted by Gasteiger charge is -2.46. The number of aryl methyl sites for hydroxylation is 2. The molecule has 184 valence electrons. The van der Waals surface area contributed by atoms with E-state index in [1.54, 1.807) is 6.07 Å². The van der Waals surface area contributed by atoms with Crippen molar-refractivity contribution in [1.29, 1.82) is 0 Å². The predicted octanol–water partition coefficient (Wildman–Crippen LogP) is 5.54. The van der Waals surface area contributed by atoms with Crippen molar-refractivity contribution in [1.82, 2.24) is 5.32 Å². The number of halogens is 1. The second kappa shape index (κ2) is 10.8. The lowest BCUT2D eigenvalue weighted by atomic mass is 9.65. The predicted molar refractivity (Wildman–Crippen MR) is 130 cm³/mol. The Morgan fingerprint density at radius 1 is 1.18 bits per heavy atom. The second-order valence-electron chi connectivity index (χ2n) is 9.75. The Bertz CT molecular complexity index is 1010. The van der Waals surface area contributed by atoms with Crippen LogP contribution < -0.4 is 14.8 Å². The second-order valence-corrected chi connectivity index (χ2v) is 9.75. The molecule has 1 aliphatic heterocycles. The van der Waals surface area contributed by atoms with E-state index in [2.05, 4.69) is 31.3 Å². The van der Waals surface area contributed by atoms with Crippen LogP contribution in [0.2, 0.25) is 0 Å². The largest absolute Gasteiger partial charge is 0.458 e. The van der Waals surface area contributed by atoms with E-state index in [9.17, 15) is 9.18 Å². The van der Waals surface area contributed by atoms with E-state index >= 15 is 0 Å². The van der Waals surface area contributed by atoms with E-state index in [0.29, 0.717) is 13.2 Å². The molecule has 1 heterocycles. The molecule has 2 aromatic rings. The summed E-state index contributed by atoms with van der Waals surface area (Å²) in [6, 6.07) is 11.2. The van der Waals surface area contributed by atoms with E-state index in [4.69, 9.17) is 14.2 Å². The standard InChI is InChI=1S/C28H36FNO4/c1-4-26(31)34-28(12-11-21-17-22(29)8-9-23(21)27(28)19(2)3)13-15-30-14-5-6-20-7-10-24-25(16-20)33-18-32-24/h7-10,16-17,19,27,30H,4-6,11-15,18H2,1-3H3/t27-,28-/m1/s1. The fourth-order valence-corrected chi connectivity index (χ4v) is 5.53. The molecule has 0 saturated heterocycles. The fraction of sp³-hybridized carbons (Fsp3) is 0.536. The van der Waals surface area contributed by atoms with E-state index < -0.39 is 5.60 Å². The minimum Gasteiger partial charge on any atom is -0.458 e. The van der Waals surface area contributed by atoms with Gasteiger partial charge < -0.3 is 19.5 Å². The van der Waals surface area contributed by atoms with E-state index in [1.165, 1.54) is 11.6 Å². The zero-order chi connectivity index (χ0) is 24.1. The molecule has 34 heavy (non-hydrogen) atoms. The Morgan fingerprint density at radius 3 is 2.79 bits per heavy atom. The van der Waals surface area contributed by atoms with Crippen molar-refractivity contribution in [2.45, 2.75) is 70.8 Å². The average molecular weight is 470 g/mol. The zero-order valence-corrected chi connectivity index (χ0v) is 20.5. The van der Waals surface area contributed by atoms with Gasteiger partial charge in [0.05, 0.1) is 0 Å². The van der Waals surface area contributed by atoms with E-state index in [-0.39, 0.29) is 23.6 Å². The number of hydrogen-bond donors (Lipinski definition) is 1. The maximum atomic E-state index is 13.9. The van der Waals surface area contributed by atoms with E-state index in [0.717, 1.165) is 67.8 Å². The number of ether oxygens (including phenoxy) is 3. The Balaban J connectivity index is 1.38. The summed E-state index contributed by atoms with van der Waals surface area (Å²) in [6.07, 6.45) is 4.48. The van der Waals surface area contributed by atoms with Gasteiger partial charge in [0.25, 0.3) is 0 Å². The Kier molecular flexibility index (Phi) is 7.77. The summed E-state index contributed by atoms with van der Waals surface area (Å²) in [5.74, 6) is 1.57. The van der Waals surface area contributed by atoms with Crippen molar-refractivity contribution < 1.29 is 23.4 Å². The summed E-state index contributed by atoms with van der Waals surface area (Å²) < 4.78 is 30.9. The number of carbonyl (C=O) groups is 1. The highest BCUT2D eigenvalue weighted by Gasteiger charge is 2.47. The van der Waals surface area contributed by atoms with Crippen molar-refractivity contribution >= 4 is 5.97 Å². The zero-order valence-electron chi connectivity index (χ0n) is 20.5. The molecule has 0 fully saturated rings. The molecule has 0 aromatic heterocycles. The molecule has 2 aliphatic rings. The quantitative estimate of drug-likeness (QED) is 0.366. The minimum atomic E-state index is -0.573. The first-order chi connectivity index (χ1) is 16.4. The van der Waals surface area contributed by atoms with Gasteiger partial charge in [-0.25, -0.2) is 4.39 Å². The first kappa shape index (κ1) is 24.5. The van der Waals surface area contributed by atoms with Crippen molar-refractivity contribution in [3.05, 3.63) is 58.9 Å². The van der Waals surface area contributed by atoms with Gasteiger partial charge in [-0.2, -0.15) is 0 Å². The molecule has 1 aliphatic carbocycles. The molecule has 6 heteroatoms. The van der Waals surface area contributed by atoms with Crippen molar-refractivity contribution in [3.8, 4) is 11.5 Å². The first-order valence-corrected chi connectivity index (χ1v) is 12.5. The summed E-state index contributed by atoms with van der Waals surface area (Å²) >= 11 is 0. The van der Waals surface area contributed by atoms with Crippen LogP contribution in [0.15, 0.2) is 36.4 Å². The number of fused-ring (bicyclic) bond motifs is 2. The smallest absolute Gasteiger partial charge is 0.306 e. The molecular weight excluding hydrogens is 433 g/mol. The third-order valence-corrected chi connectivity index (χ3v) is 7.08. The molecule has 0 saturated carbocycles. The van der Waals surface area contributed by atoms with Crippen LogP contribution >= 0.6 is 0 Å². The van der Waals surface area contributed by atoms with Crippen LogP contribution in [0.3, 0.4) is 0 Å². The molecule has 2 aromatic carbocycles. The van der Waals surface area contributed by atoms with Crippen LogP contribution in [-0.4, -0.2) is 31.5 Å². The van der Waals surface area contributed by atoms with Crippen LogP contribution in [-0.2, 0) is 22.4 Å². The van der Waals surface area contributed by atoms with Gasteiger partial charge in [0, 0.05) is 18.8 Å². The first-order valence-electron chi connectivity index (χ1n) is 12.5. The van der Waals surface area contributed by atoms with Crippen LogP contribution in [0.1, 0.15) is 69.1 Å². The third kappa shape index (κ3) is 5.38. The van der Waals surface area contributed by atoms with Gasteiger partial charge in [-0.3, -0.25) is 4.79 Å². The number of nitrogens with one attached hydrogen (secondary N) is 1. The SMILES string of the molecule is CCC(=O)O[C@@]1(CCNCCCc2ccc3c(c2)OCO3)CCc2cc(F)ccc2[C@H]1C(C)C. The van der Waals surface area contributed by atoms with Gasteiger partial charge in [0.15, 0.2) is 11.5 Å². The van der Waals surface area contributed by atoms with Gasteiger partial charge in [0.1, 0.15) is 11.4 Å². The Labute approximate surface area is 202 Å². The average Bonchev–Trinajstić information content (AvgIpc) is 3.29. The molecule has 5 nitrogen and oxygen atoms in total. The van der Waals surface area contributed by atoms with Crippen molar-refractivity contribution in [2.75, 3.05) is 19.9 Å². The fourth-order valence-electron chi connectivity index (χ4n) is 5.53. The van der Waals surface area contributed by atoms with Gasteiger partial charge in [0.2, 0.25) is 6.79 Å². The van der Waals surface area contributed by atoms with Crippen molar-refractivity contribution in [3.63, 3.8) is 0 Å². The summed E-state index contributed by atoms with van der Waals surface area (Å²) in [6.45, 7) is 8.09. The highest BCUT2D eigenvalue weighted by atomic mass is 19.1. The van der Waals surface area contributed by atoms with Gasteiger partial charge >= 0.3 is 5.97 Å². The van der Waals surface area contributed by atoms with Crippen molar-refractivity contribution in [2.24, 2.45) is 5.92 Å². The summed E-state index contributed by atoms with van der Waals surface area (Å²) in [4.78, 5) is 12.5. The highest BCUT2D eigenvalue weighted by Crippen LogP contribution is 2.48. The molecule has 4 rings (SSSR count). The summed E-state index contributed by atoms with van der Waals surface area (Å²) in [7, 11) is 0. The maximum Gasteiger partial charge on any atom is 0.306 e. The molecule has 0 radical (unpaired) electrons. The Morgan fingerprint density at radius 2 is 2.00 bits per heavy atom. The highest BCUT2D eigenvalue weighted by molar-refractivity contribution is 5.69. The number of carbonyl (C=O) groups excluding carboxylic acids is 1. The molecule has 0 bridgehead atoms. The molecule has 0 spiro atoms. The summed E-state index contributed by atoms with van der Waals surface area (Å²) in [5, 5.41) is 3.56. The third-order valence-electron chi connectivity index (χ3n) is 7.08. The molecular formula is C28H36FNO4. The van der Waals surface area contributed by atoms with Crippen LogP contribution in [0.25, 0.3) is 0 Å². The normalized spacial score (nSPS) is 20.9. The number of esters is 1. The minimum absolute atomic E-state index is 0.0442. The molecule has 1 N–H and O–H groups in total. The van der Waals surface area contributed by atoms with Crippen LogP contribution in [0.5, 0.6) is 11.5 Å². The monoisotopic (exact) mass is 469 g/mol. The lowest BCUT2D eigenvalue weighted by molar-refractivity contribution is -0.166. The number of hydrogen-bond acceptors (Lipinski definition) is 5.